The summed E-state index contributed by atoms with van der Waals surface area (Å²) >= 11 is 0. The van der Waals surface area contributed by atoms with Gasteiger partial charge in [0.2, 0.25) is 0 Å². The Morgan fingerprint density at radius 3 is 2.52 bits per heavy atom. The van der Waals surface area contributed by atoms with Crippen LogP contribution in [0.15, 0.2) is 63.9 Å². The maximum absolute atomic E-state index is 12.1. The van der Waals surface area contributed by atoms with Crippen molar-refractivity contribution in [1.82, 2.24) is 9.72 Å². The lowest BCUT2D eigenvalue weighted by Crippen LogP contribution is -2.44. The number of aliphatic hydroxyl groups excluding tert-OH is 1. The molecule has 3 aromatic rings. The summed E-state index contributed by atoms with van der Waals surface area (Å²) in [6, 6.07) is 17.5. The molecule has 0 aliphatic carbocycles. The van der Waals surface area contributed by atoms with E-state index < -0.39 is 11.9 Å². The van der Waals surface area contributed by atoms with Crippen molar-refractivity contribution in [2.24, 2.45) is 0 Å². The van der Waals surface area contributed by atoms with Crippen LogP contribution < -0.4 is 15.6 Å². The van der Waals surface area contributed by atoms with Gasteiger partial charge in [-0.1, -0.05) is 47.6 Å². The Hall–Kier alpha value is -3.06. The van der Waals surface area contributed by atoms with Gasteiger partial charge in [-0.25, -0.2) is 4.79 Å². The van der Waals surface area contributed by atoms with E-state index in [0.29, 0.717) is 12.4 Å². The van der Waals surface area contributed by atoms with Gasteiger partial charge in [0.1, 0.15) is 0 Å². The van der Waals surface area contributed by atoms with Gasteiger partial charge in [-0.05, 0) is 12.1 Å². The Labute approximate surface area is 157 Å². The van der Waals surface area contributed by atoms with Crippen molar-refractivity contribution in [2.45, 2.75) is 12.6 Å². The molecule has 0 radical (unpaired) electrons. The van der Waals surface area contributed by atoms with Crippen molar-refractivity contribution in [3.63, 3.8) is 0 Å². The normalized spacial score (nSPS) is 14.9. The molecule has 1 aliphatic rings. The molecule has 0 saturated carbocycles. The van der Waals surface area contributed by atoms with Crippen LogP contribution in [-0.4, -0.2) is 47.6 Å². The molecule has 27 heavy (non-hydrogen) atoms. The number of fused-ring (bicyclic) bond motifs is 1. The second-order valence-corrected chi connectivity index (χ2v) is 6.76. The first-order chi connectivity index (χ1) is 13.1. The van der Waals surface area contributed by atoms with Gasteiger partial charge in [0.25, 0.3) is 0 Å². The van der Waals surface area contributed by atoms with Crippen LogP contribution in [0.1, 0.15) is 0 Å². The number of aromatic nitrogens is 2. The topological polar surface area (TPSA) is 74.7 Å². The lowest BCUT2D eigenvalue weighted by molar-refractivity contribution is 0.156. The summed E-state index contributed by atoms with van der Waals surface area (Å²) in [6.45, 7) is 2.25. The lowest BCUT2D eigenvalue weighted by Gasteiger charge is -2.37. The van der Waals surface area contributed by atoms with E-state index in [1.807, 2.05) is 42.5 Å². The monoisotopic (exact) mass is 366 g/mol. The third kappa shape index (κ3) is 3.46. The maximum Gasteiger partial charge on any atom is 0.441 e. The average molecular weight is 366 g/mol. The number of nitrogens with zero attached hydrogens (tertiary/aromatic N) is 4. The first-order valence-electron chi connectivity index (χ1n) is 8.98. The predicted molar refractivity (Wildman–Crippen MR) is 104 cm³/mol. The van der Waals surface area contributed by atoms with Gasteiger partial charge in [0.05, 0.1) is 24.0 Å². The molecule has 0 spiro atoms. The standard InChI is InChI=1S/C20H22N4O3/c1-22-11-12-23(18-10-6-5-9-17(18)22)13-16(25)14-24-19(21-27-20(24)26)15-7-3-2-4-8-15/h2-10,16,25H,11-14H2,1H3/t16-/m1/s1. The quantitative estimate of drug-likeness (QED) is 0.742. The van der Waals surface area contributed by atoms with Crippen LogP contribution in [0.25, 0.3) is 11.4 Å². The van der Waals surface area contributed by atoms with Gasteiger partial charge in [0, 0.05) is 32.2 Å². The van der Waals surface area contributed by atoms with Crippen LogP contribution in [0, 0.1) is 0 Å². The first-order valence-corrected chi connectivity index (χ1v) is 8.98. The van der Waals surface area contributed by atoms with E-state index in [-0.39, 0.29) is 6.54 Å². The molecular formula is C20H22N4O3. The number of likely N-dealkylation sites (N-methyl/N-ethyl adjacent to an activating group) is 1. The fourth-order valence-corrected chi connectivity index (χ4v) is 3.50. The predicted octanol–water partition coefficient (Wildman–Crippen LogP) is 1.82. The van der Waals surface area contributed by atoms with Crippen LogP contribution in [0.4, 0.5) is 11.4 Å². The van der Waals surface area contributed by atoms with E-state index in [9.17, 15) is 9.90 Å². The van der Waals surface area contributed by atoms with E-state index >= 15 is 0 Å². The molecule has 1 N–H and O–H groups in total. The second-order valence-electron chi connectivity index (χ2n) is 6.76. The molecule has 1 aliphatic heterocycles. The largest absolute Gasteiger partial charge is 0.441 e. The van der Waals surface area contributed by atoms with Gasteiger partial charge < -0.3 is 14.9 Å². The minimum absolute atomic E-state index is 0.126. The molecule has 7 nitrogen and oxygen atoms in total. The smallest absolute Gasteiger partial charge is 0.389 e. The van der Waals surface area contributed by atoms with Crippen molar-refractivity contribution in [3.05, 3.63) is 65.1 Å². The third-order valence-corrected chi connectivity index (χ3v) is 4.88. The number of hydrogen-bond acceptors (Lipinski definition) is 6. The Balaban J connectivity index is 1.53. The third-order valence-electron chi connectivity index (χ3n) is 4.88. The van der Waals surface area contributed by atoms with Gasteiger partial charge >= 0.3 is 5.76 Å². The Kier molecular flexibility index (Phi) is 4.68. The summed E-state index contributed by atoms with van der Waals surface area (Å²) < 4.78 is 6.23. The molecule has 0 saturated heterocycles. The molecule has 2 aromatic carbocycles. The molecule has 0 unspecified atom stereocenters. The van der Waals surface area contributed by atoms with Crippen LogP contribution in [0.5, 0.6) is 0 Å². The molecule has 4 rings (SSSR count). The van der Waals surface area contributed by atoms with Crippen LogP contribution in [-0.2, 0) is 6.54 Å². The molecule has 1 atom stereocenters. The van der Waals surface area contributed by atoms with Crippen molar-refractivity contribution in [1.29, 1.82) is 0 Å². The van der Waals surface area contributed by atoms with Gasteiger partial charge in [-0.2, -0.15) is 0 Å². The van der Waals surface area contributed by atoms with Crippen molar-refractivity contribution < 1.29 is 9.63 Å². The number of aliphatic hydroxyl groups is 1. The number of anilines is 2. The van der Waals surface area contributed by atoms with E-state index in [2.05, 4.69) is 34.1 Å². The SMILES string of the molecule is CN1CCN(C[C@@H](O)Cn2c(-c3ccccc3)noc2=O)c2ccccc21. The zero-order valence-corrected chi connectivity index (χ0v) is 15.2. The number of hydrogen-bond donors (Lipinski definition) is 1. The number of benzene rings is 2. The lowest BCUT2D eigenvalue weighted by atomic mass is 10.1. The highest BCUT2D eigenvalue weighted by Crippen LogP contribution is 2.31. The van der Waals surface area contributed by atoms with Gasteiger partial charge in [-0.3, -0.25) is 9.09 Å². The van der Waals surface area contributed by atoms with Crippen molar-refractivity contribution in [2.75, 3.05) is 36.5 Å². The van der Waals surface area contributed by atoms with Crippen LogP contribution in [0.2, 0.25) is 0 Å². The van der Waals surface area contributed by atoms with E-state index in [1.165, 1.54) is 4.57 Å². The second kappa shape index (κ2) is 7.28. The summed E-state index contributed by atoms with van der Waals surface area (Å²) in [4.78, 5) is 16.4. The van der Waals surface area contributed by atoms with Gasteiger partial charge in [-0.15, -0.1) is 0 Å². The minimum Gasteiger partial charge on any atom is -0.389 e. The van der Waals surface area contributed by atoms with Gasteiger partial charge in [0.15, 0.2) is 5.82 Å². The highest BCUT2D eigenvalue weighted by Gasteiger charge is 2.23. The van der Waals surface area contributed by atoms with Crippen LogP contribution in [0.3, 0.4) is 0 Å². The van der Waals surface area contributed by atoms with E-state index in [0.717, 1.165) is 30.0 Å². The zero-order valence-electron chi connectivity index (χ0n) is 15.2. The Morgan fingerprint density at radius 2 is 1.74 bits per heavy atom. The Morgan fingerprint density at radius 1 is 1.04 bits per heavy atom. The zero-order chi connectivity index (χ0) is 18.8. The van der Waals surface area contributed by atoms with Crippen molar-refractivity contribution in [3.8, 4) is 11.4 Å². The fourth-order valence-electron chi connectivity index (χ4n) is 3.50. The van der Waals surface area contributed by atoms with E-state index in [1.54, 1.807) is 0 Å². The highest BCUT2D eigenvalue weighted by molar-refractivity contribution is 5.73. The highest BCUT2D eigenvalue weighted by atomic mass is 16.5. The number of para-hydroxylation sites is 2. The molecule has 1 aromatic heterocycles. The van der Waals surface area contributed by atoms with Crippen LogP contribution >= 0.6 is 0 Å². The number of rotatable bonds is 5. The van der Waals surface area contributed by atoms with E-state index in [4.69, 9.17) is 4.52 Å². The summed E-state index contributed by atoms with van der Waals surface area (Å²) in [7, 11) is 2.06. The van der Waals surface area contributed by atoms with Crippen molar-refractivity contribution >= 4 is 11.4 Å². The Bertz CT molecular complexity index is 967. The average Bonchev–Trinajstić information content (AvgIpc) is 3.05. The first kappa shape index (κ1) is 17.4. The molecule has 140 valence electrons. The molecule has 2 heterocycles. The molecule has 7 heteroatoms. The summed E-state index contributed by atoms with van der Waals surface area (Å²) in [5.41, 5.74) is 3.01. The summed E-state index contributed by atoms with van der Waals surface area (Å²) in [6.07, 6.45) is -0.735. The summed E-state index contributed by atoms with van der Waals surface area (Å²) in [5, 5.41) is 14.6. The number of β-amino-alcohol motifs (C(OH)–C–C–N with tert-alkyl or cyclic N) is 1. The molecule has 0 fully saturated rings. The molecular weight excluding hydrogens is 344 g/mol. The molecule has 0 amide bonds. The maximum atomic E-state index is 12.1. The molecule has 0 bridgehead atoms. The fraction of sp³-hybridized carbons (Fsp3) is 0.300. The minimum atomic E-state index is -0.735. The summed E-state index contributed by atoms with van der Waals surface area (Å²) in [5.74, 6) is -0.134.